The van der Waals surface area contributed by atoms with E-state index in [1.807, 2.05) is 12.1 Å². The summed E-state index contributed by atoms with van der Waals surface area (Å²) in [6.45, 7) is 11.4. The van der Waals surface area contributed by atoms with Crippen LogP contribution in [0.5, 0.6) is 0 Å². The first kappa shape index (κ1) is 29.2. The van der Waals surface area contributed by atoms with E-state index >= 15 is 0 Å². The van der Waals surface area contributed by atoms with E-state index in [1.165, 1.54) is 39.0 Å². The summed E-state index contributed by atoms with van der Waals surface area (Å²) in [7, 11) is 2.14. The van der Waals surface area contributed by atoms with Crippen molar-refractivity contribution in [3.05, 3.63) is 126 Å². The second-order valence-electron chi connectivity index (χ2n) is 11.3. The van der Waals surface area contributed by atoms with Gasteiger partial charge in [0, 0.05) is 38.2 Å². The molecule has 0 spiro atoms. The molecule has 0 bridgehead atoms. The van der Waals surface area contributed by atoms with Gasteiger partial charge in [-0.1, -0.05) is 75.4 Å². The summed E-state index contributed by atoms with van der Waals surface area (Å²) in [6, 6.07) is 37.4. The number of aryl methyl sites for hydroxylation is 2. The number of hydrogen-bond acceptors (Lipinski definition) is 0. The number of imidazole rings is 1. The van der Waals surface area contributed by atoms with Crippen molar-refractivity contribution in [1.82, 2.24) is 9.13 Å². The van der Waals surface area contributed by atoms with Crippen molar-refractivity contribution in [3.63, 3.8) is 0 Å². The monoisotopic (exact) mass is 611 g/mol. The maximum absolute atomic E-state index is 3.73. The van der Waals surface area contributed by atoms with Crippen LogP contribution < -0.4 is 4.57 Å². The third kappa shape index (κ3) is 5.27. The number of benzene rings is 4. The Hall–Kier alpha value is -3.27. The smallest absolute Gasteiger partial charge is 0.296 e. The van der Waals surface area contributed by atoms with Gasteiger partial charge in [0.1, 0.15) is 11.9 Å². The second-order valence-corrected chi connectivity index (χ2v) is 11.3. The molecule has 0 saturated carbocycles. The fourth-order valence-electron chi connectivity index (χ4n) is 5.83. The Morgan fingerprint density at radius 1 is 0.780 bits per heavy atom. The van der Waals surface area contributed by atoms with E-state index in [2.05, 4.69) is 153 Å². The summed E-state index contributed by atoms with van der Waals surface area (Å²) < 4.78 is 6.99. The predicted molar refractivity (Wildman–Crippen MR) is 165 cm³/mol. The number of fused-ring (bicyclic) bond motifs is 1. The molecule has 4 heteroatoms. The molecule has 3 nitrogen and oxygen atoms in total. The van der Waals surface area contributed by atoms with E-state index in [-0.39, 0.29) is 32.7 Å². The fourth-order valence-corrected chi connectivity index (χ4v) is 5.83. The van der Waals surface area contributed by atoms with Gasteiger partial charge in [-0.2, -0.15) is 35.9 Å². The van der Waals surface area contributed by atoms with Gasteiger partial charge in [0.05, 0.1) is 13.2 Å². The third-order valence-electron chi connectivity index (χ3n) is 7.83. The molecule has 0 saturated heterocycles. The molecule has 203 valence electrons. The average Bonchev–Trinajstić information content (AvgIpc) is 3.53. The zero-order valence-corrected chi connectivity index (χ0v) is 27.6. The van der Waals surface area contributed by atoms with Gasteiger partial charge in [-0.3, -0.25) is 4.57 Å². The van der Waals surface area contributed by atoms with Gasteiger partial charge in [0.15, 0.2) is 0 Å². The van der Waals surface area contributed by atoms with E-state index in [9.17, 15) is 0 Å². The van der Waals surface area contributed by atoms with Crippen LogP contribution in [0, 0.1) is 19.1 Å². The van der Waals surface area contributed by atoms with Crippen molar-refractivity contribution in [2.75, 3.05) is 0 Å². The Bertz CT molecular complexity index is 1780. The Balaban J connectivity index is 0.00000337. The van der Waals surface area contributed by atoms with Crippen LogP contribution >= 0.6 is 0 Å². The third-order valence-corrected chi connectivity index (χ3v) is 7.83. The van der Waals surface area contributed by atoms with Crippen LogP contribution in [0.4, 0.5) is 0 Å². The number of aromatic nitrogens is 3. The molecule has 0 amide bonds. The van der Waals surface area contributed by atoms with E-state index in [0.717, 1.165) is 22.6 Å². The zero-order valence-electron chi connectivity index (χ0n) is 24.8. The van der Waals surface area contributed by atoms with Gasteiger partial charge in [0.25, 0.3) is 0 Å². The summed E-state index contributed by atoms with van der Waals surface area (Å²) in [4.78, 5) is 0. The minimum absolute atomic E-state index is 0. The molecule has 4 aromatic carbocycles. The van der Waals surface area contributed by atoms with Crippen LogP contribution in [-0.4, -0.2) is 9.13 Å². The molecule has 0 atom stereocenters. The minimum atomic E-state index is 0. The molecular formula is C37H36N3Y-. The van der Waals surface area contributed by atoms with Crippen molar-refractivity contribution in [1.29, 1.82) is 0 Å². The predicted octanol–water partition coefficient (Wildman–Crippen LogP) is 8.73. The standard InChI is InChI=1S/C37H36N3.Y/c1-25(2)32-22-31(28-15-9-7-10-16-28)23-33(26(3)4)36(32)39-21-20-38(6)37(39)40-34(29-17-11-8-12-18-29)24-30-19-13-14-27(5)35(30)40;/h7-17,19-23,25-26H,1-6H3;/q-1;. The van der Waals surface area contributed by atoms with Gasteiger partial charge < -0.3 is 0 Å². The second kappa shape index (κ2) is 11.9. The molecule has 41 heavy (non-hydrogen) atoms. The molecule has 0 unspecified atom stereocenters. The van der Waals surface area contributed by atoms with Gasteiger partial charge in [-0.25, -0.2) is 9.13 Å². The first-order valence-corrected chi connectivity index (χ1v) is 14.2. The number of nitrogens with zero attached hydrogens (tertiary/aromatic N) is 3. The van der Waals surface area contributed by atoms with Crippen LogP contribution in [0.2, 0.25) is 0 Å². The molecule has 0 aliphatic carbocycles. The number of hydrogen-bond donors (Lipinski definition) is 0. The molecule has 6 aromatic rings. The molecule has 2 heterocycles. The average molecular weight is 612 g/mol. The molecule has 0 fully saturated rings. The molecule has 0 aliphatic heterocycles. The first-order valence-electron chi connectivity index (χ1n) is 14.2. The Morgan fingerprint density at radius 2 is 1.46 bits per heavy atom. The summed E-state index contributed by atoms with van der Waals surface area (Å²) in [5.41, 5.74) is 10.9. The molecular weight excluding hydrogens is 575 g/mol. The van der Waals surface area contributed by atoms with E-state index in [0.29, 0.717) is 11.8 Å². The molecule has 2 aromatic heterocycles. The Kier molecular flexibility index (Phi) is 8.50. The maximum Gasteiger partial charge on any atom is 0.356 e. The van der Waals surface area contributed by atoms with Crippen LogP contribution in [0.25, 0.3) is 44.9 Å². The van der Waals surface area contributed by atoms with Crippen molar-refractivity contribution in [2.45, 2.75) is 46.5 Å². The summed E-state index contributed by atoms with van der Waals surface area (Å²) >= 11 is 0. The van der Waals surface area contributed by atoms with Gasteiger partial charge in [-0.15, -0.1) is 23.6 Å². The van der Waals surface area contributed by atoms with Crippen LogP contribution in [0.3, 0.4) is 0 Å². The molecule has 6 rings (SSSR count). The maximum atomic E-state index is 3.73. The van der Waals surface area contributed by atoms with Gasteiger partial charge in [-0.05, 0) is 53.1 Å². The van der Waals surface area contributed by atoms with Crippen LogP contribution in [0.15, 0.2) is 97.3 Å². The van der Waals surface area contributed by atoms with Crippen LogP contribution in [0.1, 0.15) is 56.2 Å². The Labute approximate surface area is 269 Å². The van der Waals surface area contributed by atoms with E-state index in [1.54, 1.807) is 0 Å². The van der Waals surface area contributed by atoms with Crippen molar-refractivity contribution in [2.24, 2.45) is 7.05 Å². The summed E-state index contributed by atoms with van der Waals surface area (Å²) in [5.74, 6) is 1.76. The number of para-hydroxylation sites is 1. The normalized spacial score (nSPS) is 11.4. The van der Waals surface area contributed by atoms with E-state index in [4.69, 9.17) is 0 Å². The largest absolute Gasteiger partial charge is 0.356 e. The van der Waals surface area contributed by atoms with Crippen molar-refractivity contribution >= 4 is 10.9 Å². The summed E-state index contributed by atoms with van der Waals surface area (Å²) in [6.07, 6.45) is 4.38. The first-order chi connectivity index (χ1) is 19.3. The van der Waals surface area contributed by atoms with Gasteiger partial charge >= 0.3 is 5.95 Å². The minimum Gasteiger partial charge on any atom is -0.296 e. The molecule has 0 N–H and O–H groups in total. The molecule has 0 aliphatic rings. The van der Waals surface area contributed by atoms with E-state index < -0.39 is 0 Å². The quantitative estimate of drug-likeness (QED) is 0.132. The molecule has 1 radical (unpaired) electrons. The zero-order chi connectivity index (χ0) is 28.0. The van der Waals surface area contributed by atoms with Gasteiger partial charge in [0.2, 0.25) is 0 Å². The SMILES string of the molecule is Cc1cccc2[c-]c(-c3[c-]cccc3)n(-c3n(-c4c(C(C)C)cc(-c5ccccc5)cc4C(C)C)cc[n+]3C)c12.[Y]. The summed E-state index contributed by atoms with van der Waals surface area (Å²) in [5, 5.41) is 1.10. The topological polar surface area (TPSA) is 13.7 Å². The van der Waals surface area contributed by atoms with Crippen molar-refractivity contribution < 1.29 is 37.3 Å². The number of rotatable bonds is 6. The van der Waals surface area contributed by atoms with Crippen LogP contribution in [-0.2, 0) is 39.8 Å². The Morgan fingerprint density at radius 3 is 2.10 bits per heavy atom. The fraction of sp³-hybridized carbons (Fsp3) is 0.216. The van der Waals surface area contributed by atoms with Crippen molar-refractivity contribution in [3.8, 4) is 34.0 Å².